The molecule has 11 heteroatoms. The zero-order valence-electron chi connectivity index (χ0n) is 27.4. The molecule has 0 spiro atoms. The minimum absolute atomic E-state index is 0.140. The first-order valence-corrected chi connectivity index (χ1v) is 16.5. The number of benzene rings is 1. The number of carboxylic acids is 3. The molecule has 11 nitrogen and oxygen atoms in total. The lowest BCUT2D eigenvalue weighted by molar-refractivity contribution is -0.172. The van der Waals surface area contributed by atoms with Crippen LogP contribution >= 0.6 is 0 Å². The van der Waals surface area contributed by atoms with E-state index >= 15 is 0 Å². The number of hydrogen-bond acceptors (Lipinski definition) is 7. The second kappa shape index (κ2) is 22.7. The van der Waals surface area contributed by atoms with Gasteiger partial charge in [0.2, 0.25) is 5.91 Å². The predicted molar refractivity (Wildman–Crippen MR) is 174 cm³/mol. The molecule has 0 aliphatic rings. The summed E-state index contributed by atoms with van der Waals surface area (Å²) in [5, 5.41) is 42.0. The standard InChI is InChI=1S/C35H53NO10/c1-3-5-7-10-13-16-27(37)17-14-11-8-9-12-15-18-29(35(45,34(43)44)25-31(38)39)32(40)36-30(33(41)42)24-26-19-21-28(22-20-26)46-23-6-4-2/h15,18-22,29-30,45H,3-14,16-17,23-25H2,1-2H3,(H,36,40)(H,38,39)(H,41,42)(H,43,44)/b18-15+/t29-,30+,35+/m1/s1. The Morgan fingerprint density at radius 1 is 0.826 bits per heavy atom. The summed E-state index contributed by atoms with van der Waals surface area (Å²) in [6.45, 7) is 4.73. The molecule has 1 aromatic rings. The summed E-state index contributed by atoms with van der Waals surface area (Å²) < 4.78 is 5.61. The fourth-order valence-electron chi connectivity index (χ4n) is 4.99. The molecule has 0 unspecified atom stereocenters. The lowest BCUT2D eigenvalue weighted by Crippen LogP contribution is -2.55. The first-order valence-electron chi connectivity index (χ1n) is 16.5. The van der Waals surface area contributed by atoms with Crippen LogP contribution in [0, 0.1) is 5.92 Å². The van der Waals surface area contributed by atoms with Crippen LogP contribution in [0.1, 0.15) is 116 Å². The van der Waals surface area contributed by atoms with Gasteiger partial charge in [0.1, 0.15) is 17.6 Å². The Morgan fingerprint density at radius 3 is 1.96 bits per heavy atom. The third-order valence-electron chi connectivity index (χ3n) is 7.80. The maximum atomic E-state index is 13.3. The predicted octanol–water partition coefficient (Wildman–Crippen LogP) is 5.71. The van der Waals surface area contributed by atoms with Crippen molar-refractivity contribution < 1.29 is 49.1 Å². The van der Waals surface area contributed by atoms with Gasteiger partial charge in [0.05, 0.1) is 18.9 Å². The number of aliphatic hydroxyl groups is 1. The highest BCUT2D eigenvalue weighted by atomic mass is 16.5. The monoisotopic (exact) mass is 647 g/mol. The average molecular weight is 648 g/mol. The number of carbonyl (C=O) groups excluding carboxylic acids is 2. The summed E-state index contributed by atoms with van der Waals surface area (Å²) in [5.41, 5.74) is -2.44. The fraction of sp³-hybridized carbons (Fsp3) is 0.629. The highest BCUT2D eigenvalue weighted by Gasteiger charge is 2.49. The molecule has 0 fully saturated rings. The van der Waals surface area contributed by atoms with E-state index in [4.69, 9.17) is 4.74 Å². The van der Waals surface area contributed by atoms with Crippen LogP contribution in [-0.2, 0) is 30.4 Å². The Labute approximate surface area is 272 Å². The quantitative estimate of drug-likeness (QED) is 0.0584. The maximum Gasteiger partial charge on any atom is 0.337 e. The molecule has 0 aliphatic heterocycles. The highest BCUT2D eigenvalue weighted by molar-refractivity contribution is 5.94. The Morgan fingerprint density at radius 2 is 1.41 bits per heavy atom. The van der Waals surface area contributed by atoms with Crippen LogP contribution in [0.15, 0.2) is 36.4 Å². The van der Waals surface area contributed by atoms with Crippen molar-refractivity contribution in [1.82, 2.24) is 5.32 Å². The highest BCUT2D eigenvalue weighted by Crippen LogP contribution is 2.26. The van der Waals surface area contributed by atoms with Crippen molar-refractivity contribution in [2.75, 3.05) is 6.61 Å². The molecule has 3 atom stereocenters. The minimum atomic E-state index is -3.01. The fourth-order valence-corrected chi connectivity index (χ4v) is 4.99. The van der Waals surface area contributed by atoms with Gasteiger partial charge in [-0.1, -0.05) is 83.1 Å². The molecule has 0 heterocycles. The number of rotatable bonds is 27. The van der Waals surface area contributed by atoms with Gasteiger partial charge in [-0.25, -0.2) is 9.59 Å². The topological polar surface area (TPSA) is 188 Å². The second-order valence-electron chi connectivity index (χ2n) is 11.8. The molecule has 0 radical (unpaired) electrons. The molecule has 0 saturated carbocycles. The van der Waals surface area contributed by atoms with Gasteiger partial charge in [0.15, 0.2) is 5.60 Å². The van der Waals surface area contributed by atoms with Gasteiger partial charge in [-0.3, -0.25) is 14.4 Å². The van der Waals surface area contributed by atoms with Crippen LogP contribution in [-0.4, -0.2) is 68.3 Å². The van der Waals surface area contributed by atoms with Gasteiger partial charge < -0.3 is 30.5 Å². The summed E-state index contributed by atoms with van der Waals surface area (Å²) in [7, 11) is 0. The van der Waals surface area contributed by atoms with E-state index in [1.54, 1.807) is 24.3 Å². The lowest BCUT2D eigenvalue weighted by atomic mass is 9.82. The number of carbonyl (C=O) groups is 5. The van der Waals surface area contributed by atoms with E-state index in [-0.39, 0.29) is 12.2 Å². The van der Waals surface area contributed by atoms with E-state index in [2.05, 4.69) is 12.2 Å². The summed E-state index contributed by atoms with van der Waals surface area (Å²) in [6, 6.07) is 5.20. The normalized spacial score (nSPS) is 13.9. The smallest absolute Gasteiger partial charge is 0.337 e. The maximum absolute atomic E-state index is 13.3. The molecule has 0 bridgehead atoms. The van der Waals surface area contributed by atoms with Gasteiger partial charge in [0, 0.05) is 19.3 Å². The molecule has 46 heavy (non-hydrogen) atoms. The zero-order chi connectivity index (χ0) is 34.4. The number of unbranched alkanes of at least 4 members (excludes halogenated alkanes) is 9. The molecular weight excluding hydrogens is 594 g/mol. The number of carboxylic acid groups (broad SMARTS) is 3. The largest absolute Gasteiger partial charge is 0.494 e. The van der Waals surface area contributed by atoms with E-state index in [1.807, 2.05) is 6.92 Å². The van der Waals surface area contributed by atoms with Crippen LogP contribution in [0.3, 0.4) is 0 Å². The van der Waals surface area contributed by atoms with Crippen LogP contribution in [0.4, 0.5) is 0 Å². The first kappa shape index (κ1) is 40.3. The van der Waals surface area contributed by atoms with Crippen molar-refractivity contribution in [3.63, 3.8) is 0 Å². The van der Waals surface area contributed by atoms with Crippen LogP contribution in [0.2, 0.25) is 0 Å². The first-order chi connectivity index (χ1) is 21.9. The molecule has 0 saturated heterocycles. The van der Waals surface area contributed by atoms with E-state index < -0.39 is 47.8 Å². The Balaban J connectivity index is 2.81. The van der Waals surface area contributed by atoms with E-state index in [9.17, 15) is 44.4 Å². The van der Waals surface area contributed by atoms with Crippen LogP contribution in [0.5, 0.6) is 5.75 Å². The van der Waals surface area contributed by atoms with Gasteiger partial charge in [0.25, 0.3) is 0 Å². The van der Waals surface area contributed by atoms with Crippen molar-refractivity contribution in [1.29, 1.82) is 0 Å². The molecule has 0 aromatic heterocycles. The van der Waals surface area contributed by atoms with Crippen molar-refractivity contribution in [2.45, 2.75) is 128 Å². The van der Waals surface area contributed by atoms with E-state index in [0.717, 1.165) is 63.9 Å². The Bertz CT molecular complexity index is 1120. The van der Waals surface area contributed by atoms with Gasteiger partial charge in [-0.05, 0) is 49.8 Å². The molecular formula is C35H53NO10. The van der Waals surface area contributed by atoms with Crippen LogP contribution in [0.25, 0.3) is 0 Å². The number of aliphatic carboxylic acids is 3. The van der Waals surface area contributed by atoms with Crippen LogP contribution < -0.4 is 10.1 Å². The molecule has 258 valence electrons. The summed E-state index contributed by atoms with van der Waals surface area (Å²) >= 11 is 0. The van der Waals surface area contributed by atoms with Crippen molar-refractivity contribution in [2.24, 2.45) is 5.92 Å². The SMILES string of the molecule is CCCCCCCC(=O)CCCCCC/C=C/[C@H](C(=O)N[C@@H](Cc1ccc(OCCCC)cc1)C(=O)O)[C@@](O)(CC(=O)O)C(=O)O. The van der Waals surface area contributed by atoms with Crippen molar-refractivity contribution in [3.05, 3.63) is 42.0 Å². The van der Waals surface area contributed by atoms with Gasteiger partial charge in [-0.15, -0.1) is 0 Å². The molecule has 1 aromatic carbocycles. The molecule has 5 N–H and O–H groups in total. The molecule has 1 amide bonds. The average Bonchev–Trinajstić information content (AvgIpc) is 3.00. The second-order valence-corrected chi connectivity index (χ2v) is 11.8. The minimum Gasteiger partial charge on any atom is -0.494 e. The Kier molecular flexibility index (Phi) is 19.9. The number of hydrogen-bond donors (Lipinski definition) is 5. The molecule has 1 rings (SSSR count). The van der Waals surface area contributed by atoms with Crippen molar-refractivity contribution in [3.8, 4) is 5.75 Å². The molecule has 0 aliphatic carbocycles. The third-order valence-corrected chi connectivity index (χ3v) is 7.80. The summed E-state index contributed by atoms with van der Waals surface area (Å²) in [5.74, 6) is -7.05. The van der Waals surface area contributed by atoms with Gasteiger partial charge in [-0.2, -0.15) is 0 Å². The summed E-state index contributed by atoms with van der Waals surface area (Å²) in [4.78, 5) is 60.8. The number of nitrogens with one attached hydrogen (secondary N) is 1. The number of ketones is 1. The lowest BCUT2D eigenvalue weighted by Gasteiger charge is -2.29. The van der Waals surface area contributed by atoms with E-state index in [0.29, 0.717) is 43.6 Å². The number of amides is 1. The number of Topliss-reactive ketones (excluding diaryl/α,β-unsaturated/α-hetero) is 1. The number of allylic oxidation sites excluding steroid dienone is 1. The third kappa shape index (κ3) is 16.0. The van der Waals surface area contributed by atoms with Gasteiger partial charge >= 0.3 is 17.9 Å². The Hall–Kier alpha value is -3.73. The zero-order valence-corrected chi connectivity index (χ0v) is 27.4. The van der Waals surface area contributed by atoms with Crippen molar-refractivity contribution >= 4 is 29.6 Å². The van der Waals surface area contributed by atoms with E-state index in [1.165, 1.54) is 12.5 Å². The number of ether oxygens (including phenoxy) is 1. The summed E-state index contributed by atoms with van der Waals surface area (Å²) in [6.07, 6.45) is 13.2.